The molecule has 1 atom stereocenters. The van der Waals surface area contributed by atoms with Crippen molar-refractivity contribution in [2.45, 2.75) is 64.0 Å². The average Bonchev–Trinajstić information content (AvgIpc) is 3.28. The summed E-state index contributed by atoms with van der Waals surface area (Å²) in [7, 11) is 0.763. The average molecular weight is 426 g/mol. The summed E-state index contributed by atoms with van der Waals surface area (Å²) in [6.07, 6.45) is 10.9. The van der Waals surface area contributed by atoms with Gasteiger partial charge in [-0.2, -0.15) is 5.10 Å². The van der Waals surface area contributed by atoms with Crippen molar-refractivity contribution in [3.63, 3.8) is 0 Å². The molecular formula is C22H31N5O2Si. The highest BCUT2D eigenvalue weighted by molar-refractivity contribution is 6.76. The highest BCUT2D eigenvalue weighted by Gasteiger charge is 2.26. The third-order valence-corrected chi connectivity index (χ3v) is 7.45. The maximum atomic E-state index is 12.1. The van der Waals surface area contributed by atoms with Crippen LogP contribution < -0.4 is 0 Å². The molecule has 0 radical (unpaired) electrons. The van der Waals surface area contributed by atoms with Gasteiger partial charge in [-0.3, -0.25) is 9.48 Å². The van der Waals surface area contributed by atoms with Crippen molar-refractivity contribution in [1.82, 2.24) is 24.3 Å². The monoisotopic (exact) mass is 425 g/mol. The molecule has 1 fully saturated rings. The molecule has 0 bridgehead atoms. The Labute approximate surface area is 178 Å². The van der Waals surface area contributed by atoms with E-state index in [0.29, 0.717) is 25.4 Å². The summed E-state index contributed by atoms with van der Waals surface area (Å²) in [4.78, 5) is 21.8. The second kappa shape index (κ2) is 8.43. The van der Waals surface area contributed by atoms with Crippen LogP contribution in [0.4, 0.5) is 0 Å². The van der Waals surface area contributed by atoms with Gasteiger partial charge in [0, 0.05) is 58.1 Å². The fraction of sp³-hybridized carbons (Fsp3) is 0.545. The zero-order chi connectivity index (χ0) is 21.3. The molecule has 0 spiro atoms. The van der Waals surface area contributed by atoms with Crippen LogP contribution in [0.15, 0.2) is 24.8 Å². The highest BCUT2D eigenvalue weighted by Crippen LogP contribution is 2.36. The minimum Gasteiger partial charge on any atom is -0.361 e. The van der Waals surface area contributed by atoms with Crippen LogP contribution in [-0.4, -0.2) is 44.8 Å². The van der Waals surface area contributed by atoms with Crippen LogP contribution >= 0.6 is 0 Å². The minimum atomic E-state index is -1.13. The van der Waals surface area contributed by atoms with E-state index in [0.717, 1.165) is 53.5 Å². The normalized spacial score (nSPS) is 17.7. The van der Waals surface area contributed by atoms with E-state index in [-0.39, 0.29) is 5.92 Å². The van der Waals surface area contributed by atoms with E-state index < -0.39 is 8.07 Å². The standard InChI is InChI=1S/C22H31N5O2Si/c1-26-13-17(11-24-26)20-12-23-22-21(25-20)19(16-6-5-7-18(28)10-16)14-27(22)15-29-8-9-30(2,3)4/h11-14,16H,5-10,15H2,1-4H3. The summed E-state index contributed by atoms with van der Waals surface area (Å²) >= 11 is 0. The van der Waals surface area contributed by atoms with E-state index in [4.69, 9.17) is 14.7 Å². The van der Waals surface area contributed by atoms with Crippen molar-refractivity contribution >= 4 is 25.0 Å². The van der Waals surface area contributed by atoms with E-state index in [1.54, 1.807) is 17.1 Å². The topological polar surface area (TPSA) is 74.8 Å². The number of hydrogen-bond donors (Lipinski definition) is 0. The van der Waals surface area contributed by atoms with Gasteiger partial charge in [0.1, 0.15) is 18.0 Å². The van der Waals surface area contributed by atoms with Crippen LogP contribution in [-0.2, 0) is 23.3 Å². The Hall–Kier alpha value is -2.32. The van der Waals surface area contributed by atoms with Crippen LogP contribution in [0.3, 0.4) is 0 Å². The summed E-state index contributed by atoms with van der Waals surface area (Å²) < 4.78 is 9.81. The first kappa shape index (κ1) is 20.9. The molecule has 0 amide bonds. The lowest BCUT2D eigenvalue weighted by molar-refractivity contribution is -0.120. The number of aromatic nitrogens is 5. The first-order valence-corrected chi connectivity index (χ1v) is 14.4. The Balaban J connectivity index is 1.66. The van der Waals surface area contributed by atoms with Crippen molar-refractivity contribution in [3.05, 3.63) is 30.4 Å². The molecule has 3 heterocycles. The van der Waals surface area contributed by atoms with Gasteiger partial charge in [0.05, 0.1) is 18.1 Å². The van der Waals surface area contributed by atoms with E-state index >= 15 is 0 Å². The van der Waals surface area contributed by atoms with Gasteiger partial charge in [-0.05, 0) is 24.8 Å². The van der Waals surface area contributed by atoms with Crippen LogP contribution in [0, 0.1) is 0 Å². The number of nitrogens with zero attached hydrogens (tertiary/aromatic N) is 5. The van der Waals surface area contributed by atoms with Crippen molar-refractivity contribution in [3.8, 4) is 11.3 Å². The van der Waals surface area contributed by atoms with E-state index in [2.05, 4.69) is 30.9 Å². The van der Waals surface area contributed by atoms with E-state index in [1.165, 1.54) is 0 Å². The third-order valence-electron chi connectivity index (χ3n) is 5.74. The molecule has 1 aliphatic carbocycles. The van der Waals surface area contributed by atoms with Gasteiger partial charge < -0.3 is 9.30 Å². The lowest BCUT2D eigenvalue weighted by atomic mass is 9.84. The van der Waals surface area contributed by atoms with Crippen molar-refractivity contribution in [2.75, 3.05) is 6.61 Å². The van der Waals surface area contributed by atoms with Crippen LogP contribution in [0.1, 0.15) is 37.2 Å². The fourth-order valence-electron chi connectivity index (χ4n) is 4.00. The molecule has 1 unspecified atom stereocenters. The largest absolute Gasteiger partial charge is 0.361 e. The molecule has 30 heavy (non-hydrogen) atoms. The van der Waals surface area contributed by atoms with Crippen molar-refractivity contribution < 1.29 is 9.53 Å². The molecule has 7 nitrogen and oxygen atoms in total. The Bertz CT molecular complexity index is 1050. The lowest BCUT2D eigenvalue weighted by Gasteiger charge is -2.20. The maximum Gasteiger partial charge on any atom is 0.160 e. The molecule has 1 aliphatic rings. The Morgan fingerprint density at radius 3 is 2.77 bits per heavy atom. The van der Waals surface area contributed by atoms with Gasteiger partial charge in [-0.15, -0.1) is 0 Å². The Morgan fingerprint density at radius 1 is 1.23 bits per heavy atom. The molecule has 3 aromatic rings. The van der Waals surface area contributed by atoms with E-state index in [9.17, 15) is 4.79 Å². The minimum absolute atomic E-state index is 0.204. The second-order valence-electron chi connectivity index (χ2n) is 9.56. The molecule has 0 aliphatic heterocycles. The molecular weight excluding hydrogens is 394 g/mol. The second-order valence-corrected chi connectivity index (χ2v) is 15.2. The summed E-state index contributed by atoms with van der Waals surface area (Å²) in [6.45, 7) is 8.28. The third kappa shape index (κ3) is 4.70. The predicted octanol–water partition coefficient (Wildman–Crippen LogP) is 4.37. The number of aryl methyl sites for hydroxylation is 1. The highest BCUT2D eigenvalue weighted by atomic mass is 28.3. The van der Waals surface area contributed by atoms with Crippen molar-refractivity contribution in [2.24, 2.45) is 7.05 Å². The number of ketones is 1. The molecule has 1 saturated carbocycles. The van der Waals surface area contributed by atoms with Crippen LogP contribution in [0.5, 0.6) is 0 Å². The predicted molar refractivity (Wildman–Crippen MR) is 120 cm³/mol. The number of fused-ring (bicyclic) bond motifs is 1. The van der Waals surface area contributed by atoms with Crippen molar-refractivity contribution in [1.29, 1.82) is 0 Å². The molecule has 8 heteroatoms. The van der Waals surface area contributed by atoms with Gasteiger partial charge in [0.15, 0.2) is 5.65 Å². The summed E-state index contributed by atoms with van der Waals surface area (Å²) in [6, 6.07) is 1.13. The quantitative estimate of drug-likeness (QED) is 0.415. The van der Waals surface area contributed by atoms with Crippen LogP contribution in [0.25, 0.3) is 22.4 Å². The zero-order valence-corrected chi connectivity index (χ0v) is 19.4. The van der Waals surface area contributed by atoms with Crippen LogP contribution in [0.2, 0.25) is 25.7 Å². The van der Waals surface area contributed by atoms with E-state index in [1.807, 2.05) is 17.8 Å². The zero-order valence-electron chi connectivity index (χ0n) is 18.4. The van der Waals surface area contributed by atoms with Gasteiger partial charge in [0.25, 0.3) is 0 Å². The van der Waals surface area contributed by atoms with Gasteiger partial charge in [-0.1, -0.05) is 19.6 Å². The van der Waals surface area contributed by atoms with Gasteiger partial charge in [-0.25, -0.2) is 9.97 Å². The number of hydrogen-bond acceptors (Lipinski definition) is 5. The first-order chi connectivity index (χ1) is 14.3. The summed E-state index contributed by atoms with van der Waals surface area (Å²) in [5.41, 5.74) is 4.56. The molecule has 0 N–H and O–H groups in total. The molecule has 4 rings (SSSR count). The number of Topliss-reactive ketones (excluding diaryl/α,β-unsaturated/α-hetero) is 1. The Morgan fingerprint density at radius 2 is 2.07 bits per heavy atom. The number of carbonyl (C=O) groups excluding carboxylic acids is 1. The molecule has 3 aromatic heterocycles. The van der Waals surface area contributed by atoms with Gasteiger partial charge >= 0.3 is 0 Å². The first-order valence-electron chi connectivity index (χ1n) is 10.7. The summed E-state index contributed by atoms with van der Waals surface area (Å²) in [5.74, 6) is 0.547. The maximum absolute atomic E-state index is 12.1. The molecule has 160 valence electrons. The molecule has 0 aromatic carbocycles. The number of carbonyl (C=O) groups is 1. The fourth-order valence-corrected chi connectivity index (χ4v) is 4.75. The number of rotatable bonds is 7. The lowest BCUT2D eigenvalue weighted by Crippen LogP contribution is -2.22. The molecule has 0 saturated heterocycles. The summed E-state index contributed by atoms with van der Waals surface area (Å²) in [5, 5.41) is 4.25. The SMILES string of the molecule is Cn1cc(-c2cnc3c(n2)c(C2CCCC(=O)C2)cn3COCC[Si](C)(C)C)cn1. The number of ether oxygens (including phenoxy) is 1. The Kier molecular flexibility index (Phi) is 5.88. The smallest absolute Gasteiger partial charge is 0.160 e. The van der Waals surface area contributed by atoms with Gasteiger partial charge in [0.2, 0.25) is 0 Å².